The molecule has 0 atom stereocenters. The lowest BCUT2D eigenvalue weighted by atomic mass is 10.3. The number of rotatable bonds is 5. The van der Waals surface area contributed by atoms with Crippen molar-refractivity contribution in [1.82, 2.24) is 4.67 Å². The average Bonchev–Trinajstić information content (AvgIpc) is 1.98. The summed E-state index contributed by atoms with van der Waals surface area (Å²) in [6, 6.07) is 1.41. The van der Waals surface area contributed by atoms with E-state index in [1.807, 2.05) is 0 Å². The van der Waals surface area contributed by atoms with Crippen molar-refractivity contribution in [2.75, 3.05) is 12.3 Å². The van der Waals surface area contributed by atoms with Gasteiger partial charge in [-0.1, -0.05) is 13.8 Å². The molecule has 0 bridgehead atoms. The molecule has 2 heteroatoms. The predicted molar refractivity (Wildman–Crippen MR) is 60.1 cm³/mol. The molecule has 0 aliphatic rings. The zero-order valence-electron chi connectivity index (χ0n) is 9.46. The molecule has 0 unspecified atom stereocenters. The fraction of sp³-hybridized carbons (Fsp3) is 1.00. The number of hydrogen-bond acceptors (Lipinski definition) is 1. The molecule has 0 heterocycles. The van der Waals surface area contributed by atoms with Crippen LogP contribution in [0.4, 0.5) is 0 Å². The van der Waals surface area contributed by atoms with E-state index >= 15 is 0 Å². The molecule has 0 aromatic heterocycles. The number of hydrogen-bond donors (Lipinski definition) is 0. The van der Waals surface area contributed by atoms with Gasteiger partial charge < -0.3 is 0 Å². The second-order valence-corrected chi connectivity index (χ2v) is 6.45. The van der Waals surface area contributed by atoms with E-state index in [1.54, 1.807) is 0 Å². The van der Waals surface area contributed by atoms with Crippen LogP contribution in [0.25, 0.3) is 0 Å². The summed E-state index contributed by atoms with van der Waals surface area (Å²) < 4.78 is 2.68. The first kappa shape index (κ1) is 12.4. The third kappa shape index (κ3) is 3.41. The Labute approximate surface area is 79.3 Å². The van der Waals surface area contributed by atoms with Crippen molar-refractivity contribution in [2.24, 2.45) is 0 Å². The van der Waals surface area contributed by atoms with Gasteiger partial charge in [-0.2, -0.15) is 0 Å². The molecule has 0 radical (unpaired) electrons. The van der Waals surface area contributed by atoms with Crippen molar-refractivity contribution in [3.8, 4) is 0 Å². The Hall–Kier alpha value is 0.390. The van der Waals surface area contributed by atoms with Crippen LogP contribution in [0.1, 0.15) is 41.5 Å². The SMILES string of the molecule is CCP(CC)N(C(C)C)C(C)C. The average molecular weight is 189 g/mol. The third-order valence-electron chi connectivity index (χ3n) is 2.11. The van der Waals surface area contributed by atoms with Gasteiger partial charge in [-0.25, -0.2) is 0 Å². The second-order valence-electron chi connectivity index (χ2n) is 3.71. The van der Waals surface area contributed by atoms with E-state index in [1.165, 1.54) is 12.3 Å². The van der Waals surface area contributed by atoms with Crippen LogP contribution < -0.4 is 0 Å². The zero-order chi connectivity index (χ0) is 9.72. The van der Waals surface area contributed by atoms with E-state index in [0.29, 0.717) is 12.1 Å². The van der Waals surface area contributed by atoms with Gasteiger partial charge in [0.15, 0.2) is 0 Å². The summed E-state index contributed by atoms with van der Waals surface area (Å²) in [5, 5.41) is 0. The largest absolute Gasteiger partial charge is 0.277 e. The Morgan fingerprint density at radius 3 is 1.33 bits per heavy atom. The standard InChI is InChI=1S/C10H24NP/c1-7-12(8-2)11(9(3)4)10(5)6/h9-10H,7-8H2,1-6H3. The summed E-state index contributed by atoms with van der Waals surface area (Å²) in [4.78, 5) is 0. The summed E-state index contributed by atoms with van der Waals surface area (Å²) in [7, 11) is 0.135. The summed E-state index contributed by atoms with van der Waals surface area (Å²) in [6.07, 6.45) is 2.67. The van der Waals surface area contributed by atoms with E-state index in [4.69, 9.17) is 0 Å². The quantitative estimate of drug-likeness (QED) is 0.598. The van der Waals surface area contributed by atoms with Crippen LogP contribution in [0, 0.1) is 0 Å². The molecular weight excluding hydrogens is 165 g/mol. The Morgan fingerprint density at radius 2 is 1.25 bits per heavy atom. The first-order chi connectivity index (χ1) is 5.54. The highest BCUT2D eigenvalue weighted by Gasteiger charge is 2.20. The first-order valence-electron chi connectivity index (χ1n) is 5.07. The molecule has 0 spiro atoms. The van der Waals surface area contributed by atoms with Crippen LogP contribution in [0.5, 0.6) is 0 Å². The van der Waals surface area contributed by atoms with Crippen molar-refractivity contribution >= 4 is 8.07 Å². The first-order valence-corrected chi connectivity index (χ1v) is 6.74. The Bertz CT molecular complexity index is 100. The van der Waals surface area contributed by atoms with Gasteiger partial charge in [-0.15, -0.1) is 0 Å². The summed E-state index contributed by atoms with van der Waals surface area (Å²) in [6.45, 7) is 13.8. The maximum absolute atomic E-state index is 2.68. The minimum absolute atomic E-state index is 0.135. The highest BCUT2D eigenvalue weighted by Crippen LogP contribution is 2.42. The maximum atomic E-state index is 2.68. The summed E-state index contributed by atoms with van der Waals surface area (Å²) in [5.74, 6) is 0. The minimum Gasteiger partial charge on any atom is -0.277 e. The monoisotopic (exact) mass is 189 g/mol. The predicted octanol–water partition coefficient (Wildman–Crippen LogP) is 3.54. The topological polar surface area (TPSA) is 3.24 Å². The Morgan fingerprint density at radius 1 is 0.917 bits per heavy atom. The highest BCUT2D eigenvalue weighted by molar-refractivity contribution is 7.55. The fourth-order valence-electron chi connectivity index (χ4n) is 1.80. The minimum atomic E-state index is 0.135. The van der Waals surface area contributed by atoms with Gasteiger partial charge in [-0.3, -0.25) is 4.67 Å². The summed E-state index contributed by atoms with van der Waals surface area (Å²) >= 11 is 0. The smallest absolute Gasteiger partial charge is 0.00803 e. The molecule has 0 aromatic rings. The van der Waals surface area contributed by atoms with Gasteiger partial charge in [0.2, 0.25) is 0 Å². The van der Waals surface area contributed by atoms with E-state index in [9.17, 15) is 0 Å². The van der Waals surface area contributed by atoms with Crippen LogP contribution in [-0.2, 0) is 0 Å². The molecule has 0 aromatic carbocycles. The molecule has 0 aliphatic carbocycles. The van der Waals surface area contributed by atoms with Crippen molar-refractivity contribution in [1.29, 1.82) is 0 Å². The van der Waals surface area contributed by atoms with Gasteiger partial charge in [0, 0.05) is 12.1 Å². The molecule has 0 rings (SSSR count). The zero-order valence-corrected chi connectivity index (χ0v) is 10.4. The molecule has 0 saturated heterocycles. The molecule has 0 fully saturated rings. The Balaban J connectivity index is 4.26. The van der Waals surface area contributed by atoms with Crippen molar-refractivity contribution in [3.63, 3.8) is 0 Å². The van der Waals surface area contributed by atoms with Gasteiger partial charge in [0.1, 0.15) is 0 Å². The van der Waals surface area contributed by atoms with E-state index < -0.39 is 0 Å². The molecule has 0 amide bonds. The molecule has 0 aliphatic heterocycles. The summed E-state index contributed by atoms with van der Waals surface area (Å²) in [5.41, 5.74) is 0. The fourth-order valence-corrected chi connectivity index (χ4v) is 4.21. The lowest BCUT2D eigenvalue weighted by Gasteiger charge is -2.37. The lowest BCUT2D eigenvalue weighted by molar-refractivity contribution is 0.322. The van der Waals surface area contributed by atoms with Gasteiger partial charge >= 0.3 is 0 Å². The molecule has 0 saturated carbocycles. The van der Waals surface area contributed by atoms with Crippen LogP contribution in [0.3, 0.4) is 0 Å². The van der Waals surface area contributed by atoms with Crippen LogP contribution in [-0.4, -0.2) is 29.1 Å². The number of nitrogens with zero attached hydrogens (tertiary/aromatic N) is 1. The van der Waals surface area contributed by atoms with Gasteiger partial charge in [0.25, 0.3) is 0 Å². The van der Waals surface area contributed by atoms with Crippen molar-refractivity contribution in [2.45, 2.75) is 53.6 Å². The normalized spacial score (nSPS) is 12.5. The van der Waals surface area contributed by atoms with E-state index in [-0.39, 0.29) is 8.07 Å². The lowest BCUT2D eigenvalue weighted by Crippen LogP contribution is -2.33. The molecule has 1 nitrogen and oxygen atoms in total. The van der Waals surface area contributed by atoms with Crippen LogP contribution in [0.2, 0.25) is 0 Å². The Kier molecular flexibility index (Phi) is 6.13. The molecule has 74 valence electrons. The highest BCUT2D eigenvalue weighted by atomic mass is 31.1. The van der Waals surface area contributed by atoms with E-state index in [2.05, 4.69) is 46.2 Å². The van der Waals surface area contributed by atoms with Crippen molar-refractivity contribution < 1.29 is 0 Å². The van der Waals surface area contributed by atoms with E-state index in [0.717, 1.165) is 0 Å². The van der Waals surface area contributed by atoms with Gasteiger partial charge in [-0.05, 0) is 48.1 Å². The van der Waals surface area contributed by atoms with Crippen LogP contribution >= 0.6 is 8.07 Å². The maximum Gasteiger partial charge on any atom is 0.00803 e. The van der Waals surface area contributed by atoms with Crippen LogP contribution in [0.15, 0.2) is 0 Å². The molecule has 12 heavy (non-hydrogen) atoms. The third-order valence-corrected chi connectivity index (χ3v) is 5.15. The second kappa shape index (κ2) is 5.94. The van der Waals surface area contributed by atoms with Gasteiger partial charge in [0.05, 0.1) is 0 Å². The van der Waals surface area contributed by atoms with Crippen molar-refractivity contribution in [3.05, 3.63) is 0 Å². The molecule has 0 N–H and O–H groups in total. The molecular formula is C10H24NP.